The molecule has 19 heavy (non-hydrogen) atoms. The topological polar surface area (TPSA) is 61.0 Å². The van der Waals surface area contributed by atoms with Crippen molar-refractivity contribution in [3.05, 3.63) is 34.4 Å². The summed E-state index contributed by atoms with van der Waals surface area (Å²) >= 11 is 0. The number of aromatic nitrogens is 2. The number of rotatable bonds is 2. The number of methoxy groups -OCH3 is 1. The minimum Gasteiger partial charge on any atom is -0.481 e. The fourth-order valence-electron chi connectivity index (χ4n) is 2.28. The van der Waals surface area contributed by atoms with Gasteiger partial charge in [0.2, 0.25) is 11.8 Å². The minimum absolute atomic E-state index is 0.229. The highest BCUT2D eigenvalue weighted by molar-refractivity contribution is 5.71. The van der Waals surface area contributed by atoms with Crippen molar-refractivity contribution in [2.24, 2.45) is 0 Å². The monoisotopic (exact) mass is 257 g/mol. The van der Waals surface area contributed by atoms with Crippen molar-refractivity contribution in [2.75, 3.05) is 12.8 Å². The summed E-state index contributed by atoms with van der Waals surface area (Å²) in [7, 11) is 1.58. The highest BCUT2D eigenvalue weighted by Crippen LogP contribution is 2.31. The first kappa shape index (κ1) is 13.3. The lowest BCUT2D eigenvalue weighted by Crippen LogP contribution is -2.02. The van der Waals surface area contributed by atoms with Crippen LogP contribution in [-0.2, 0) is 0 Å². The van der Waals surface area contributed by atoms with Crippen LogP contribution in [0.25, 0.3) is 11.3 Å². The van der Waals surface area contributed by atoms with Gasteiger partial charge >= 0.3 is 0 Å². The first-order chi connectivity index (χ1) is 8.93. The first-order valence-corrected chi connectivity index (χ1v) is 6.20. The number of nitrogen functional groups attached to an aromatic ring is 1. The second kappa shape index (κ2) is 4.88. The highest BCUT2D eigenvalue weighted by atomic mass is 16.5. The number of benzene rings is 1. The average Bonchev–Trinajstić information content (AvgIpc) is 2.36. The molecule has 1 aromatic carbocycles. The Balaban J connectivity index is 2.75. The van der Waals surface area contributed by atoms with Gasteiger partial charge in [-0.15, -0.1) is 0 Å². The number of ether oxygens (including phenoxy) is 1. The standard InChI is InChI=1S/C15H19N3O/c1-8-6-9(2)11(4)14(10(8)3)12-7-13(19-5)18-15(16)17-12/h6-7H,1-5H3,(H2,16,17,18). The second-order valence-electron chi connectivity index (χ2n) is 4.79. The molecule has 2 N–H and O–H groups in total. The summed E-state index contributed by atoms with van der Waals surface area (Å²) in [6.07, 6.45) is 0. The SMILES string of the molecule is COc1cc(-c2c(C)c(C)cc(C)c2C)nc(N)n1. The molecule has 1 aromatic heterocycles. The number of anilines is 1. The van der Waals surface area contributed by atoms with Crippen molar-refractivity contribution >= 4 is 5.95 Å². The molecule has 2 rings (SSSR count). The molecule has 0 fully saturated rings. The molecular weight excluding hydrogens is 238 g/mol. The van der Waals surface area contributed by atoms with Crippen molar-refractivity contribution < 1.29 is 4.74 Å². The molecular formula is C15H19N3O. The van der Waals surface area contributed by atoms with Crippen LogP contribution in [0.2, 0.25) is 0 Å². The van der Waals surface area contributed by atoms with Crippen LogP contribution >= 0.6 is 0 Å². The maximum Gasteiger partial charge on any atom is 0.223 e. The number of nitrogens with two attached hydrogens (primary N) is 1. The predicted octanol–water partition coefficient (Wildman–Crippen LogP) is 2.97. The molecule has 2 aromatic rings. The van der Waals surface area contributed by atoms with E-state index >= 15 is 0 Å². The lowest BCUT2D eigenvalue weighted by molar-refractivity contribution is 0.398. The third kappa shape index (κ3) is 2.38. The lowest BCUT2D eigenvalue weighted by Gasteiger charge is -2.15. The van der Waals surface area contributed by atoms with Crippen LogP contribution < -0.4 is 10.5 Å². The zero-order valence-electron chi connectivity index (χ0n) is 12.0. The van der Waals surface area contributed by atoms with E-state index in [1.807, 2.05) is 6.07 Å². The molecule has 0 amide bonds. The Hall–Kier alpha value is -2.10. The van der Waals surface area contributed by atoms with Gasteiger partial charge in [-0.2, -0.15) is 4.98 Å². The number of hydrogen-bond donors (Lipinski definition) is 1. The molecule has 4 heteroatoms. The molecule has 0 saturated carbocycles. The molecule has 0 spiro atoms. The van der Waals surface area contributed by atoms with E-state index < -0.39 is 0 Å². The second-order valence-corrected chi connectivity index (χ2v) is 4.79. The van der Waals surface area contributed by atoms with Gasteiger partial charge in [-0.25, -0.2) is 4.98 Å². The van der Waals surface area contributed by atoms with E-state index in [0.717, 1.165) is 11.3 Å². The van der Waals surface area contributed by atoms with Gasteiger partial charge in [0.25, 0.3) is 0 Å². The van der Waals surface area contributed by atoms with Crippen LogP contribution in [0.4, 0.5) is 5.95 Å². The minimum atomic E-state index is 0.229. The van der Waals surface area contributed by atoms with Gasteiger partial charge < -0.3 is 10.5 Å². The summed E-state index contributed by atoms with van der Waals surface area (Å²) < 4.78 is 5.17. The van der Waals surface area contributed by atoms with Gasteiger partial charge in [-0.1, -0.05) is 6.07 Å². The van der Waals surface area contributed by atoms with Gasteiger partial charge in [-0.05, 0) is 49.9 Å². The Morgan fingerprint density at radius 2 is 1.53 bits per heavy atom. The number of hydrogen-bond acceptors (Lipinski definition) is 4. The third-order valence-corrected chi connectivity index (χ3v) is 3.55. The fraction of sp³-hybridized carbons (Fsp3) is 0.333. The largest absolute Gasteiger partial charge is 0.481 e. The van der Waals surface area contributed by atoms with Gasteiger partial charge in [0.05, 0.1) is 12.8 Å². The number of aryl methyl sites for hydroxylation is 2. The molecule has 0 radical (unpaired) electrons. The molecule has 1 heterocycles. The average molecular weight is 257 g/mol. The summed E-state index contributed by atoms with van der Waals surface area (Å²) in [5.41, 5.74) is 12.6. The van der Waals surface area contributed by atoms with Crippen LogP contribution in [0.1, 0.15) is 22.3 Å². The smallest absolute Gasteiger partial charge is 0.223 e. The molecule has 0 unspecified atom stereocenters. The summed E-state index contributed by atoms with van der Waals surface area (Å²) in [5, 5.41) is 0. The van der Waals surface area contributed by atoms with E-state index in [4.69, 9.17) is 10.5 Å². The van der Waals surface area contributed by atoms with Gasteiger partial charge in [0, 0.05) is 11.6 Å². The van der Waals surface area contributed by atoms with Crippen molar-refractivity contribution in [2.45, 2.75) is 27.7 Å². The van der Waals surface area contributed by atoms with Crippen molar-refractivity contribution in [1.82, 2.24) is 9.97 Å². The molecule has 0 aliphatic heterocycles. The summed E-state index contributed by atoms with van der Waals surface area (Å²) in [6.45, 7) is 8.41. The van der Waals surface area contributed by atoms with Crippen molar-refractivity contribution in [3.63, 3.8) is 0 Å². The van der Waals surface area contributed by atoms with Crippen molar-refractivity contribution in [3.8, 4) is 17.1 Å². The van der Waals surface area contributed by atoms with E-state index in [2.05, 4.69) is 43.7 Å². The van der Waals surface area contributed by atoms with Gasteiger partial charge in [0.1, 0.15) is 0 Å². The van der Waals surface area contributed by atoms with E-state index in [1.54, 1.807) is 7.11 Å². The van der Waals surface area contributed by atoms with Gasteiger partial charge in [0.15, 0.2) is 0 Å². The Kier molecular flexibility index (Phi) is 3.42. The molecule has 0 atom stereocenters. The van der Waals surface area contributed by atoms with E-state index in [-0.39, 0.29) is 5.95 Å². The molecule has 100 valence electrons. The normalized spacial score (nSPS) is 10.6. The summed E-state index contributed by atoms with van der Waals surface area (Å²) in [4.78, 5) is 8.37. The maximum atomic E-state index is 5.75. The fourth-order valence-corrected chi connectivity index (χ4v) is 2.28. The summed E-state index contributed by atoms with van der Waals surface area (Å²) in [6, 6.07) is 4.01. The lowest BCUT2D eigenvalue weighted by atomic mass is 9.92. The quantitative estimate of drug-likeness (QED) is 0.898. The third-order valence-electron chi connectivity index (χ3n) is 3.55. The van der Waals surface area contributed by atoms with Crippen LogP contribution in [0.15, 0.2) is 12.1 Å². The maximum absolute atomic E-state index is 5.75. The molecule has 0 saturated heterocycles. The van der Waals surface area contributed by atoms with E-state index in [0.29, 0.717) is 5.88 Å². The molecule has 0 aliphatic rings. The summed E-state index contributed by atoms with van der Waals surface area (Å²) in [5.74, 6) is 0.716. The van der Waals surface area contributed by atoms with Crippen molar-refractivity contribution in [1.29, 1.82) is 0 Å². The van der Waals surface area contributed by atoms with E-state index in [1.165, 1.54) is 22.3 Å². The molecule has 0 aliphatic carbocycles. The highest BCUT2D eigenvalue weighted by Gasteiger charge is 2.13. The Bertz CT molecular complexity index is 610. The molecule has 0 bridgehead atoms. The predicted molar refractivity (Wildman–Crippen MR) is 77.4 cm³/mol. The van der Waals surface area contributed by atoms with Crippen LogP contribution in [-0.4, -0.2) is 17.1 Å². The first-order valence-electron chi connectivity index (χ1n) is 6.20. The Morgan fingerprint density at radius 3 is 2.05 bits per heavy atom. The van der Waals surface area contributed by atoms with Crippen LogP contribution in [0, 0.1) is 27.7 Å². The number of nitrogens with zero attached hydrogens (tertiary/aromatic N) is 2. The van der Waals surface area contributed by atoms with E-state index in [9.17, 15) is 0 Å². The Labute approximate surface area is 113 Å². The molecule has 4 nitrogen and oxygen atoms in total. The van der Waals surface area contributed by atoms with Gasteiger partial charge in [-0.3, -0.25) is 0 Å². The zero-order valence-corrected chi connectivity index (χ0v) is 12.0. The Morgan fingerprint density at radius 1 is 0.947 bits per heavy atom. The zero-order chi connectivity index (χ0) is 14.2. The van der Waals surface area contributed by atoms with Crippen LogP contribution in [0.3, 0.4) is 0 Å². The van der Waals surface area contributed by atoms with Crippen LogP contribution in [0.5, 0.6) is 5.88 Å².